The van der Waals surface area contributed by atoms with Crippen LogP contribution < -0.4 is 15.8 Å². The fourth-order valence-corrected chi connectivity index (χ4v) is 5.81. The van der Waals surface area contributed by atoms with Gasteiger partial charge in [0, 0.05) is 43.5 Å². The molecule has 5 heteroatoms. The smallest absolute Gasteiger partial charge is 0.218 e. The topological polar surface area (TPSA) is 63.4 Å². The number of ether oxygens (including phenoxy) is 1. The number of hydrogen-bond donors (Lipinski definition) is 2. The van der Waals surface area contributed by atoms with Gasteiger partial charge in [-0.15, -0.1) is 0 Å². The molecule has 2 heterocycles. The number of fused-ring (bicyclic) bond motifs is 2. The van der Waals surface area contributed by atoms with Gasteiger partial charge in [0.25, 0.3) is 0 Å². The molecule has 1 atom stereocenters. The molecule has 0 saturated heterocycles. The number of anilines is 2. The molecule has 1 aliphatic heterocycles. The second kappa shape index (κ2) is 10.3. The fourth-order valence-electron chi connectivity index (χ4n) is 5.81. The van der Waals surface area contributed by atoms with Crippen LogP contribution in [0.15, 0.2) is 60.7 Å². The quantitative estimate of drug-likeness (QED) is 0.283. The van der Waals surface area contributed by atoms with Crippen molar-refractivity contribution in [3.63, 3.8) is 0 Å². The van der Waals surface area contributed by atoms with Gasteiger partial charge in [0.2, 0.25) is 5.88 Å². The van der Waals surface area contributed by atoms with E-state index >= 15 is 0 Å². The molecular weight excluding hydrogens is 468 g/mol. The lowest BCUT2D eigenvalue weighted by molar-refractivity contribution is 0.217. The minimum absolute atomic E-state index is 0.0208. The molecule has 0 fully saturated rings. The number of nitrogens with two attached hydrogens (primary N) is 1. The van der Waals surface area contributed by atoms with Crippen LogP contribution in [0.5, 0.6) is 5.88 Å². The number of rotatable bonds is 5. The maximum absolute atomic E-state index is 6.53. The summed E-state index contributed by atoms with van der Waals surface area (Å²) in [4.78, 5) is 7.27. The van der Waals surface area contributed by atoms with Gasteiger partial charge in [-0.1, -0.05) is 63.2 Å². The van der Waals surface area contributed by atoms with E-state index in [1.807, 2.05) is 19.2 Å². The van der Waals surface area contributed by atoms with E-state index in [4.69, 9.17) is 15.5 Å². The van der Waals surface area contributed by atoms with Gasteiger partial charge in [-0.3, -0.25) is 4.90 Å². The average molecular weight is 509 g/mol. The van der Waals surface area contributed by atoms with E-state index in [2.05, 4.69) is 93.4 Å². The molecule has 1 unspecified atom stereocenters. The number of aromatic nitrogens is 1. The molecule has 0 amide bonds. The third-order valence-electron chi connectivity index (χ3n) is 7.91. The molecular formula is C33H40N4O. The van der Waals surface area contributed by atoms with Crippen LogP contribution in [-0.4, -0.2) is 30.1 Å². The van der Waals surface area contributed by atoms with E-state index in [1.165, 1.54) is 22.3 Å². The van der Waals surface area contributed by atoms with Gasteiger partial charge in [-0.25, -0.2) is 4.98 Å². The molecule has 0 spiro atoms. The van der Waals surface area contributed by atoms with Crippen LogP contribution in [0.4, 0.5) is 11.4 Å². The van der Waals surface area contributed by atoms with Crippen LogP contribution in [0.3, 0.4) is 0 Å². The van der Waals surface area contributed by atoms with E-state index in [-0.39, 0.29) is 11.3 Å². The minimum Gasteiger partial charge on any atom is -0.476 e. The Bertz CT molecular complexity index is 1470. The lowest BCUT2D eigenvalue weighted by Crippen LogP contribution is -2.26. The molecule has 3 aromatic carbocycles. The number of nitrogens with zero attached hydrogens (tertiary/aromatic N) is 2. The van der Waals surface area contributed by atoms with Crippen LogP contribution in [-0.2, 0) is 13.1 Å². The van der Waals surface area contributed by atoms with Gasteiger partial charge >= 0.3 is 0 Å². The van der Waals surface area contributed by atoms with Gasteiger partial charge in [-0.05, 0) is 65.3 Å². The zero-order chi connectivity index (χ0) is 27.0. The van der Waals surface area contributed by atoms with Crippen LogP contribution >= 0.6 is 0 Å². The first-order chi connectivity index (χ1) is 18.2. The van der Waals surface area contributed by atoms with Crippen LogP contribution in [0, 0.1) is 19.3 Å². The van der Waals surface area contributed by atoms with Crippen LogP contribution in [0.2, 0.25) is 0 Å². The summed E-state index contributed by atoms with van der Waals surface area (Å²) in [5.41, 5.74) is 16.9. The summed E-state index contributed by atoms with van der Waals surface area (Å²) in [5, 5.41) is 4.37. The molecule has 38 heavy (non-hydrogen) atoms. The number of para-hydroxylation sites is 1. The second-order valence-corrected chi connectivity index (χ2v) is 11.7. The van der Waals surface area contributed by atoms with Crippen molar-refractivity contribution >= 4 is 22.3 Å². The van der Waals surface area contributed by atoms with Crippen molar-refractivity contribution in [3.8, 4) is 5.88 Å². The summed E-state index contributed by atoms with van der Waals surface area (Å²) < 4.78 is 6.09. The fraction of sp³-hybridized carbons (Fsp3) is 0.364. The number of hydrogen-bond acceptors (Lipinski definition) is 5. The highest BCUT2D eigenvalue weighted by Gasteiger charge is 2.30. The zero-order valence-corrected chi connectivity index (χ0v) is 23.6. The normalized spacial score (nSPS) is 15.0. The van der Waals surface area contributed by atoms with E-state index in [1.54, 1.807) is 0 Å². The van der Waals surface area contributed by atoms with Crippen molar-refractivity contribution in [1.29, 1.82) is 0 Å². The third-order valence-corrected chi connectivity index (χ3v) is 7.91. The van der Waals surface area contributed by atoms with E-state index in [9.17, 15) is 0 Å². The van der Waals surface area contributed by atoms with Gasteiger partial charge in [0.1, 0.15) is 6.61 Å². The lowest BCUT2D eigenvalue weighted by Gasteiger charge is -2.34. The number of benzene rings is 3. The molecule has 5 nitrogen and oxygen atoms in total. The van der Waals surface area contributed by atoms with E-state index in [0.717, 1.165) is 58.9 Å². The SMILES string of the molecule is CNc1ccc(C(c2ccc(C)c(CN3CCOc4nc5ccccc5cc4C3)c2)C(C)(C)C)c(C)c1N. The van der Waals surface area contributed by atoms with Crippen molar-refractivity contribution in [1.82, 2.24) is 9.88 Å². The molecule has 5 rings (SSSR count). The Morgan fingerprint density at radius 3 is 2.61 bits per heavy atom. The average Bonchev–Trinajstić information content (AvgIpc) is 3.07. The van der Waals surface area contributed by atoms with Gasteiger partial charge < -0.3 is 15.8 Å². The van der Waals surface area contributed by atoms with Crippen molar-refractivity contribution in [2.75, 3.05) is 31.2 Å². The molecule has 1 aliphatic rings. The van der Waals surface area contributed by atoms with Gasteiger partial charge in [0.05, 0.1) is 16.9 Å². The molecule has 3 N–H and O–H groups in total. The van der Waals surface area contributed by atoms with Crippen molar-refractivity contribution < 1.29 is 4.74 Å². The molecule has 4 aromatic rings. The maximum Gasteiger partial charge on any atom is 0.218 e. The minimum atomic E-state index is 0.0208. The maximum atomic E-state index is 6.53. The first-order valence-corrected chi connectivity index (χ1v) is 13.6. The summed E-state index contributed by atoms with van der Waals surface area (Å²) in [5.74, 6) is 0.987. The Labute approximate surface area is 227 Å². The molecule has 0 aliphatic carbocycles. The number of nitrogen functional groups attached to an aromatic ring is 1. The van der Waals surface area contributed by atoms with Crippen LogP contribution in [0.25, 0.3) is 10.9 Å². The van der Waals surface area contributed by atoms with Crippen molar-refractivity contribution in [3.05, 3.63) is 94.0 Å². The highest BCUT2D eigenvalue weighted by Crippen LogP contribution is 2.44. The summed E-state index contributed by atoms with van der Waals surface area (Å²) in [6, 6.07) is 21.8. The van der Waals surface area contributed by atoms with Crippen LogP contribution in [0.1, 0.15) is 60.1 Å². The molecule has 0 radical (unpaired) electrons. The molecule has 1 aromatic heterocycles. The monoisotopic (exact) mass is 508 g/mol. The Hall–Kier alpha value is -3.57. The molecule has 0 bridgehead atoms. The highest BCUT2D eigenvalue weighted by atomic mass is 16.5. The van der Waals surface area contributed by atoms with Gasteiger partial charge in [0.15, 0.2) is 0 Å². The Morgan fingerprint density at radius 1 is 1.05 bits per heavy atom. The van der Waals surface area contributed by atoms with Crippen molar-refractivity contribution in [2.45, 2.75) is 53.6 Å². The van der Waals surface area contributed by atoms with E-state index in [0.29, 0.717) is 6.61 Å². The summed E-state index contributed by atoms with van der Waals surface area (Å²) in [6.07, 6.45) is 0. The largest absolute Gasteiger partial charge is 0.476 e. The Balaban J connectivity index is 1.48. The second-order valence-electron chi connectivity index (χ2n) is 11.7. The van der Waals surface area contributed by atoms with E-state index < -0.39 is 0 Å². The molecule has 198 valence electrons. The summed E-state index contributed by atoms with van der Waals surface area (Å²) in [6.45, 7) is 14.5. The number of aryl methyl sites for hydroxylation is 1. The van der Waals surface area contributed by atoms with Crippen molar-refractivity contribution in [2.24, 2.45) is 5.41 Å². The lowest BCUT2D eigenvalue weighted by atomic mass is 9.71. The molecule has 0 saturated carbocycles. The highest BCUT2D eigenvalue weighted by molar-refractivity contribution is 5.80. The predicted molar refractivity (Wildman–Crippen MR) is 159 cm³/mol. The van der Waals surface area contributed by atoms with Gasteiger partial charge in [-0.2, -0.15) is 0 Å². The first-order valence-electron chi connectivity index (χ1n) is 13.6. The predicted octanol–water partition coefficient (Wildman–Crippen LogP) is 7.05. The first kappa shape index (κ1) is 26.1. The number of pyridine rings is 1. The zero-order valence-electron chi connectivity index (χ0n) is 23.6. The Morgan fingerprint density at radius 2 is 1.84 bits per heavy atom. The summed E-state index contributed by atoms with van der Waals surface area (Å²) in [7, 11) is 1.92. The third kappa shape index (κ3) is 5.08. The Kier molecular flexibility index (Phi) is 7.06. The summed E-state index contributed by atoms with van der Waals surface area (Å²) >= 11 is 0. The standard InChI is InChI=1S/C33H40N4O/c1-21-11-12-24(30(33(3,4)5)27-13-14-29(35-6)31(34)22(27)2)18-25(21)19-37-15-16-38-32-26(20-37)17-23-9-7-8-10-28(23)36-32/h7-14,17-18,30,35H,15-16,19-20,34H2,1-6H3. The number of nitrogens with one attached hydrogen (secondary N) is 1.